The molecule has 0 bridgehead atoms. The van der Waals surface area contributed by atoms with E-state index in [2.05, 4.69) is 41.4 Å². The maximum absolute atomic E-state index is 12.7. The highest BCUT2D eigenvalue weighted by molar-refractivity contribution is 5.88. The van der Waals surface area contributed by atoms with Gasteiger partial charge in [0.2, 0.25) is 11.8 Å². The van der Waals surface area contributed by atoms with Crippen molar-refractivity contribution in [1.82, 2.24) is 15.1 Å². The van der Waals surface area contributed by atoms with Crippen molar-refractivity contribution >= 4 is 11.8 Å². The number of nitrogens with zero attached hydrogens (tertiary/aromatic N) is 2. The number of aryl methyl sites for hydroxylation is 1. The summed E-state index contributed by atoms with van der Waals surface area (Å²) in [5.41, 5.74) is 2.40. The van der Waals surface area contributed by atoms with Crippen molar-refractivity contribution in [2.24, 2.45) is 5.92 Å². The van der Waals surface area contributed by atoms with Crippen molar-refractivity contribution < 1.29 is 9.59 Å². The molecule has 0 spiro atoms. The summed E-state index contributed by atoms with van der Waals surface area (Å²) in [7, 11) is 4.03. The van der Waals surface area contributed by atoms with Crippen LogP contribution in [0.25, 0.3) is 0 Å². The highest BCUT2D eigenvalue weighted by Gasteiger charge is 2.35. The van der Waals surface area contributed by atoms with E-state index in [4.69, 9.17) is 0 Å². The van der Waals surface area contributed by atoms with E-state index in [9.17, 15) is 9.59 Å². The number of nitrogens with one attached hydrogen (secondary N) is 1. The smallest absolute Gasteiger partial charge is 0.242 e. The Balaban J connectivity index is 2.01. The molecule has 1 heterocycles. The van der Waals surface area contributed by atoms with Crippen molar-refractivity contribution in [2.45, 2.75) is 45.7 Å². The lowest BCUT2D eigenvalue weighted by atomic mass is 10.0. The first kappa shape index (κ1) is 19.4. The van der Waals surface area contributed by atoms with Crippen LogP contribution in [-0.4, -0.2) is 54.8 Å². The third-order valence-corrected chi connectivity index (χ3v) is 4.89. The Hall–Kier alpha value is -1.88. The van der Waals surface area contributed by atoms with Crippen LogP contribution in [0.15, 0.2) is 24.3 Å². The van der Waals surface area contributed by atoms with Crippen LogP contribution >= 0.6 is 0 Å². The molecular weight excluding hydrogens is 314 g/mol. The molecule has 1 aromatic carbocycles. The Morgan fingerprint density at radius 2 is 1.88 bits per heavy atom. The van der Waals surface area contributed by atoms with E-state index < -0.39 is 0 Å². The Kier molecular flexibility index (Phi) is 6.59. The van der Waals surface area contributed by atoms with Gasteiger partial charge in [0.1, 0.15) is 6.04 Å². The Labute approximate surface area is 151 Å². The quantitative estimate of drug-likeness (QED) is 0.861. The molecule has 0 aromatic heterocycles. The molecule has 2 atom stereocenters. The van der Waals surface area contributed by atoms with Gasteiger partial charge in [0.15, 0.2) is 0 Å². The van der Waals surface area contributed by atoms with Crippen LogP contribution in [0.2, 0.25) is 0 Å². The number of rotatable bonds is 6. The molecule has 1 N–H and O–H groups in total. The van der Waals surface area contributed by atoms with Crippen LogP contribution in [0.1, 0.15) is 43.9 Å². The zero-order chi connectivity index (χ0) is 18.6. The average Bonchev–Trinajstić information content (AvgIpc) is 3.05. The second kappa shape index (κ2) is 8.48. The fourth-order valence-corrected chi connectivity index (χ4v) is 3.34. The van der Waals surface area contributed by atoms with E-state index in [1.54, 1.807) is 4.90 Å². The summed E-state index contributed by atoms with van der Waals surface area (Å²) in [5.74, 6) is -0.0405. The molecule has 1 aliphatic heterocycles. The Bertz CT molecular complexity index is 595. The zero-order valence-corrected chi connectivity index (χ0v) is 16.1. The SMILES string of the molecule is Cc1ccc([C@@H](CNC(=O)[C@H]2CCCN2C(=O)C(C)C)N(C)C)cc1. The third kappa shape index (κ3) is 4.82. The second-order valence-electron chi connectivity index (χ2n) is 7.48. The van der Waals surface area contributed by atoms with Gasteiger partial charge in [-0.3, -0.25) is 9.59 Å². The zero-order valence-electron chi connectivity index (χ0n) is 16.1. The molecule has 1 aromatic rings. The molecule has 0 radical (unpaired) electrons. The number of hydrogen-bond donors (Lipinski definition) is 1. The molecule has 2 rings (SSSR count). The largest absolute Gasteiger partial charge is 0.352 e. The first-order chi connectivity index (χ1) is 11.8. The van der Waals surface area contributed by atoms with Gasteiger partial charge in [-0.2, -0.15) is 0 Å². The standard InChI is InChI=1S/C20H31N3O2/c1-14(2)20(25)23-12-6-7-17(23)19(24)21-13-18(22(4)5)16-10-8-15(3)9-11-16/h8-11,14,17-18H,6-7,12-13H2,1-5H3,(H,21,24)/t17-,18-/m1/s1. The minimum Gasteiger partial charge on any atom is -0.352 e. The fraction of sp³-hybridized carbons (Fsp3) is 0.600. The highest BCUT2D eigenvalue weighted by atomic mass is 16.2. The van der Waals surface area contributed by atoms with Gasteiger partial charge in [0, 0.05) is 19.0 Å². The molecule has 5 nitrogen and oxygen atoms in total. The van der Waals surface area contributed by atoms with Gasteiger partial charge in [-0.15, -0.1) is 0 Å². The topological polar surface area (TPSA) is 52.7 Å². The first-order valence-corrected chi connectivity index (χ1v) is 9.12. The lowest BCUT2D eigenvalue weighted by molar-refractivity contribution is -0.140. The number of amides is 2. The van der Waals surface area contributed by atoms with Gasteiger partial charge in [-0.1, -0.05) is 43.7 Å². The van der Waals surface area contributed by atoms with Crippen LogP contribution in [0.3, 0.4) is 0 Å². The number of benzene rings is 1. The van der Waals surface area contributed by atoms with Crippen molar-refractivity contribution in [3.05, 3.63) is 35.4 Å². The van der Waals surface area contributed by atoms with E-state index in [-0.39, 0.29) is 29.8 Å². The first-order valence-electron chi connectivity index (χ1n) is 9.12. The fourth-order valence-electron chi connectivity index (χ4n) is 3.34. The highest BCUT2D eigenvalue weighted by Crippen LogP contribution is 2.21. The van der Waals surface area contributed by atoms with Crippen molar-refractivity contribution in [2.75, 3.05) is 27.2 Å². The summed E-state index contributed by atoms with van der Waals surface area (Å²) in [6.07, 6.45) is 1.65. The molecule has 0 saturated carbocycles. The maximum atomic E-state index is 12.7. The lowest BCUT2D eigenvalue weighted by Gasteiger charge is -2.28. The molecule has 2 amide bonds. The van der Waals surface area contributed by atoms with Crippen LogP contribution in [0.4, 0.5) is 0 Å². The minimum absolute atomic E-state index is 0.0366. The van der Waals surface area contributed by atoms with Crippen LogP contribution < -0.4 is 5.32 Å². The van der Waals surface area contributed by atoms with Gasteiger partial charge in [0.25, 0.3) is 0 Å². The number of likely N-dealkylation sites (tertiary alicyclic amines) is 1. The van der Waals surface area contributed by atoms with E-state index in [1.165, 1.54) is 11.1 Å². The van der Waals surface area contributed by atoms with Crippen molar-refractivity contribution in [3.8, 4) is 0 Å². The van der Waals surface area contributed by atoms with Gasteiger partial charge >= 0.3 is 0 Å². The summed E-state index contributed by atoms with van der Waals surface area (Å²) >= 11 is 0. The van der Waals surface area contributed by atoms with E-state index in [0.717, 1.165) is 12.8 Å². The van der Waals surface area contributed by atoms with Gasteiger partial charge < -0.3 is 15.1 Å². The van der Waals surface area contributed by atoms with Crippen LogP contribution in [-0.2, 0) is 9.59 Å². The second-order valence-corrected chi connectivity index (χ2v) is 7.48. The summed E-state index contributed by atoms with van der Waals surface area (Å²) in [6.45, 7) is 7.06. The van der Waals surface area contributed by atoms with Gasteiger partial charge in [0.05, 0.1) is 6.04 Å². The molecule has 0 aliphatic carbocycles. The van der Waals surface area contributed by atoms with E-state index in [0.29, 0.717) is 13.1 Å². The molecule has 1 aliphatic rings. The van der Waals surface area contributed by atoms with E-state index in [1.807, 2.05) is 27.9 Å². The molecule has 5 heteroatoms. The van der Waals surface area contributed by atoms with Crippen molar-refractivity contribution in [1.29, 1.82) is 0 Å². The predicted molar refractivity (Wildman–Crippen MR) is 100 cm³/mol. The monoisotopic (exact) mass is 345 g/mol. The maximum Gasteiger partial charge on any atom is 0.242 e. The number of carbonyl (C=O) groups excluding carboxylic acids is 2. The molecule has 0 unspecified atom stereocenters. The molecule has 138 valence electrons. The minimum atomic E-state index is -0.323. The third-order valence-electron chi connectivity index (χ3n) is 4.89. The summed E-state index contributed by atoms with van der Waals surface area (Å²) in [4.78, 5) is 28.8. The average molecular weight is 345 g/mol. The van der Waals surface area contributed by atoms with E-state index >= 15 is 0 Å². The number of hydrogen-bond acceptors (Lipinski definition) is 3. The predicted octanol–water partition coefficient (Wildman–Crippen LogP) is 2.36. The van der Waals surface area contributed by atoms with Gasteiger partial charge in [-0.05, 0) is 39.4 Å². The summed E-state index contributed by atoms with van der Waals surface area (Å²) < 4.78 is 0. The van der Waals surface area contributed by atoms with Crippen molar-refractivity contribution in [3.63, 3.8) is 0 Å². The van der Waals surface area contributed by atoms with Crippen LogP contribution in [0, 0.1) is 12.8 Å². The Morgan fingerprint density at radius 1 is 1.24 bits per heavy atom. The molecule has 1 saturated heterocycles. The summed E-state index contributed by atoms with van der Waals surface area (Å²) in [6, 6.07) is 8.18. The lowest BCUT2D eigenvalue weighted by Crippen LogP contribution is -2.48. The molecule has 1 fully saturated rings. The summed E-state index contributed by atoms with van der Waals surface area (Å²) in [5, 5.41) is 3.07. The van der Waals surface area contributed by atoms with Crippen LogP contribution in [0.5, 0.6) is 0 Å². The Morgan fingerprint density at radius 3 is 2.44 bits per heavy atom. The number of likely N-dealkylation sites (N-methyl/N-ethyl adjacent to an activating group) is 1. The molecule has 25 heavy (non-hydrogen) atoms. The number of carbonyl (C=O) groups is 2. The molecular formula is C20H31N3O2. The van der Waals surface area contributed by atoms with Gasteiger partial charge in [-0.25, -0.2) is 0 Å². The normalized spacial score (nSPS) is 18.7.